The zero-order valence-corrected chi connectivity index (χ0v) is 23.3. The number of halogens is 1. The first-order valence-electron chi connectivity index (χ1n) is 13.5. The van der Waals surface area contributed by atoms with Gasteiger partial charge in [0.25, 0.3) is 0 Å². The Morgan fingerprint density at radius 3 is 2.61 bits per heavy atom. The topological polar surface area (TPSA) is 121 Å². The lowest BCUT2D eigenvalue weighted by Gasteiger charge is -2.32. The van der Waals surface area contributed by atoms with Gasteiger partial charge in [-0.05, 0) is 48.3 Å². The summed E-state index contributed by atoms with van der Waals surface area (Å²) in [7, 11) is 3.42. The van der Waals surface area contributed by atoms with Crippen LogP contribution in [0.1, 0.15) is 56.9 Å². The average molecular weight is 545 g/mol. The van der Waals surface area contributed by atoms with Crippen molar-refractivity contribution in [1.82, 2.24) is 25.4 Å². The molecule has 4 rings (SSSR count). The average Bonchev–Trinajstić information content (AvgIpc) is 3.40. The molecule has 2 fully saturated rings. The third-order valence-electron chi connectivity index (χ3n) is 7.76. The van der Waals surface area contributed by atoms with Crippen LogP contribution >= 0.6 is 12.4 Å². The summed E-state index contributed by atoms with van der Waals surface area (Å²) >= 11 is 0. The Kier molecular flexibility index (Phi) is 10.7. The Morgan fingerprint density at radius 2 is 1.87 bits per heavy atom. The minimum Gasteiger partial charge on any atom is -0.383 e. The Morgan fingerprint density at radius 1 is 1.11 bits per heavy atom. The highest BCUT2D eigenvalue weighted by molar-refractivity contribution is 5.92. The number of hydrogen-bond donors (Lipinski definition) is 3. The number of amides is 3. The number of likely N-dealkylation sites (tertiary alicyclic amines) is 1. The standard InChI is InChI=1S/C28H40N6O3.ClH/c1-33(2)25(35)18-31-23(16-19-7-4-3-5-8-19)28(37)34-14-6-9-24(34)27(36)32-17-20-10-11-22-21(15-20)12-13-30-26(22)29;/h10-13,15,19,23-24,31H,3-9,14,16-18H2,1-2H3,(H2,29,30)(H,32,36);1H/t23-,24+;/m1./s1. The Balaban J connectivity index is 0.00000400. The van der Waals surface area contributed by atoms with E-state index in [4.69, 9.17) is 5.73 Å². The molecule has 0 radical (unpaired) electrons. The maximum Gasteiger partial charge on any atom is 0.243 e. The van der Waals surface area contributed by atoms with Gasteiger partial charge >= 0.3 is 0 Å². The molecule has 2 heterocycles. The van der Waals surface area contributed by atoms with Crippen molar-refractivity contribution in [2.24, 2.45) is 5.92 Å². The summed E-state index contributed by atoms with van der Waals surface area (Å²) in [4.78, 5) is 46.5. The van der Waals surface area contributed by atoms with Crippen LogP contribution in [0.25, 0.3) is 10.8 Å². The summed E-state index contributed by atoms with van der Waals surface area (Å²) in [6, 6.07) is 6.80. The second-order valence-corrected chi connectivity index (χ2v) is 10.6. The van der Waals surface area contributed by atoms with E-state index >= 15 is 0 Å². The van der Waals surface area contributed by atoms with Crippen molar-refractivity contribution in [2.75, 3.05) is 32.9 Å². The van der Waals surface area contributed by atoms with Crippen LogP contribution in [0.2, 0.25) is 0 Å². The molecule has 2 aromatic rings. The fraction of sp³-hybridized carbons (Fsp3) is 0.571. The van der Waals surface area contributed by atoms with Crippen LogP contribution in [0.15, 0.2) is 30.5 Å². The van der Waals surface area contributed by atoms with Crippen LogP contribution in [0.4, 0.5) is 5.82 Å². The van der Waals surface area contributed by atoms with Gasteiger partial charge in [-0.2, -0.15) is 0 Å². The second kappa shape index (κ2) is 13.8. The van der Waals surface area contributed by atoms with E-state index in [-0.39, 0.29) is 36.7 Å². The molecule has 3 amide bonds. The molecule has 0 bridgehead atoms. The molecule has 208 valence electrons. The predicted octanol–water partition coefficient (Wildman–Crippen LogP) is 2.86. The lowest BCUT2D eigenvalue weighted by Crippen LogP contribution is -2.54. The molecule has 38 heavy (non-hydrogen) atoms. The lowest BCUT2D eigenvalue weighted by atomic mass is 9.84. The van der Waals surface area contributed by atoms with Crippen molar-refractivity contribution in [3.8, 4) is 0 Å². The highest BCUT2D eigenvalue weighted by Gasteiger charge is 2.38. The molecule has 2 atom stereocenters. The van der Waals surface area contributed by atoms with Gasteiger partial charge in [-0.15, -0.1) is 12.4 Å². The maximum absolute atomic E-state index is 13.7. The third-order valence-corrected chi connectivity index (χ3v) is 7.76. The number of pyridine rings is 1. The van der Waals surface area contributed by atoms with Gasteiger partial charge < -0.3 is 20.9 Å². The van der Waals surface area contributed by atoms with Crippen molar-refractivity contribution >= 4 is 46.7 Å². The van der Waals surface area contributed by atoms with Gasteiger partial charge in [0.1, 0.15) is 11.9 Å². The SMILES string of the molecule is CN(C)C(=O)CN[C@H](CC1CCCCC1)C(=O)N1CCC[C@H]1C(=O)NCc1ccc2c(N)nccc2c1.Cl. The van der Waals surface area contributed by atoms with E-state index < -0.39 is 12.1 Å². The molecule has 1 aliphatic carbocycles. The van der Waals surface area contributed by atoms with E-state index in [1.807, 2.05) is 24.3 Å². The number of likely N-dealkylation sites (N-methyl/N-ethyl adjacent to an activating group) is 1. The van der Waals surface area contributed by atoms with Crippen LogP contribution in [-0.2, 0) is 20.9 Å². The van der Waals surface area contributed by atoms with Gasteiger partial charge in [-0.1, -0.05) is 44.2 Å². The number of benzene rings is 1. The smallest absolute Gasteiger partial charge is 0.243 e. The van der Waals surface area contributed by atoms with Crippen LogP contribution in [-0.4, -0.2) is 71.8 Å². The molecule has 1 saturated carbocycles. The molecule has 0 unspecified atom stereocenters. The van der Waals surface area contributed by atoms with Gasteiger partial charge in [0, 0.05) is 38.8 Å². The lowest BCUT2D eigenvalue weighted by molar-refractivity contribution is -0.140. The largest absolute Gasteiger partial charge is 0.383 e. The monoisotopic (exact) mass is 544 g/mol. The summed E-state index contributed by atoms with van der Waals surface area (Å²) in [6.07, 6.45) is 9.67. The number of nitrogens with one attached hydrogen (secondary N) is 2. The minimum atomic E-state index is -0.493. The number of nitrogens with two attached hydrogens (primary N) is 1. The van der Waals surface area contributed by atoms with Crippen LogP contribution in [0.3, 0.4) is 0 Å². The van der Waals surface area contributed by atoms with Crippen molar-refractivity contribution < 1.29 is 14.4 Å². The Hall–Kier alpha value is -2.91. The zero-order chi connectivity index (χ0) is 26.4. The second-order valence-electron chi connectivity index (χ2n) is 10.6. The highest BCUT2D eigenvalue weighted by Crippen LogP contribution is 2.29. The first-order chi connectivity index (χ1) is 17.8. The Bertz CT molecular complexity index is 1120. The van der Waals surface area contributed by atoms with Crippen LogP contribution < -0.4 is 16.4 Å². The zero-order valence-electron chi connectivity index (χ0n) is 22.4. The number of carbonyl (C=O) groups is 3. The van der Waals surface area contributed by atoms with Crippen molar-refractivity contribution in [1.29, 1.82) is 0 Å². The fourth-order valence-corrected chi connectivity index (χ4v) is 5.57. The molecule has 10 heteroatoms. The first kappa shape index (κ1) is 29.6. The molecular weight excluding hydrogens is 504 g/mol. The van der Waals surface area contributed by atoms with E-state index in [1.54, 1.807) is 25.2 Å². The maximum atomic E-state index is 13.7. The van der Waals surface area contributed by atoms with E-state index in [2.05, 4.69) is 15.6 Å². The number of nitrogens with zero attached hydrogens (tertiary/aromatic N) is 3. The van der Waals surface area contributed by atoms with Crippen LogP contribution in [0, 0.1) is 5.92 Å². The van der Waals surface area contributed by atoms with E-state index in [9.17, 15) is 14.4 Å². The molecule has 1 aromatic heterocycles. The molecule has 2 aliphatic rings. The third kappa shape index (κ3) is 7.35. The molecule has 1 aromatic carbocycles. The van der Waals surface area contributed by atoms with Gasteiger partial charge in [0.15, 0.2) is 0 Å². The number of fused-ring (bicyclic) bond motifs is 1. The molecule has 9 nitrogen and oxygen atoms in total. The van der Waals surface area contributed by atoms with Gasteiger partial charge in [-0.3, -0.25) is 19.7 Å². The number of carbonyl (C=O) groups excluding carboxylic acids is 3. The van der Waals surface area contributed by atoms with Crippen molar-refractivity contribution in [2.45, 2.75) is 70.0 Å². The summed E-state index contributed by atoms with van der Waals surface area (Å²) in [5.41, 5.74) is 6.91. The predicted molar refractivity (Wildman–Crippen MR) is 152 cm³/mol. The molecular formula is C28H41ClN6O3. The van der Waals surface area contributed by atoms with E-state index in [1.165, 1.54) is 24.2 Å². The number of hydrogen-bond acceptors (Lipinski definition) is 6. The van der Waals surface area contributed by atoms with Gasteiger partial charge in [0.2, 0.25) is 17.7 Å². The summed E-state index contributed by atoms with van der Waals surface area (Å²) in [5.74, 6) is 0.683. The summed E-state index contributed by atoms with van der Waals surface area (Å²) in [6.45, 7) is 1.04. The molecule has 4 N–H and O–H groups in total. The highest BCUT2D eigenvalue weighted by atomic mass is 35.5. The number of aromatic nitrogens is 1. The molecule has 1 aliphatic heterocycles. The number of rotatable bonds is 9. The molecule has 0 spiro atoms. The van der Waals surface area contributed by atoms with Gasteiger partial charge in [-0.25, -0.2) is 4.98 Å². The van der Waals surface area contributed by atoms with Crippen molar-refractivity contribution in [3.05, 3.63) is 36.0 Å². The summed E-state index contributed by atoms with van der Waals surface area (Å²) in [5, 5.41) is 8.12. The normalized spacial score (nSPS) is 18.6. The van der Waals surface area contributed by atoms with Crippen molar-refractivity contribution in [3.63, 3.8) is 0 Å². The minimum absolute atomic E-state index is 0. The quantitative estimate of drug-likeness (QED) is 0.446. The van der Waals surface area contributed by atoms with Gasteiger partial charge in [0.05, 0.1) is 12.6 Å². The number of nitrogen functional groups attached to an aromatic ring is 1. The fourth-order valence-electron chi connectivity index (χ4n) is 5.57. The van der Waals surface area contributed by atoms with E-state index in [0.717, 1.165) is 35.6 Å². The summed E-state index contributed by atoms with van der Waals surface area (Å²) < 4.78 is 0. The Labute approximate surface area is 231 Å². The number of anilines is 1. The molecule has 1 saturated heterocycles. The first-order valence-corrected chi connectivity index (χ1v) is 13.5. The van der Waals surface area contributed by atoms with Crippen LogP contribution in [0.5, 0.6) is 0 Å². The van der Waals surface area contributed by atoms with E-state index in [0.29, 0.717) is 37.7 Å².